The number of hydrogen-bond acceptors (Lipinski definition) is 5. The minimum absolute atomic E-state index is 0.0607. The van der Waals surface area contributed by atoms with Crippen LogP contribution in [0, 0.1) is 11.3 Å². The van der Waals surface area contributed by atoms with Crippen LogP contribution in [0.4, 0.5) is 0 Å². The maximum atomic E-state index is 9.63. The van der Waals surface area contributed by atoms with E-state index >= 15 is 0 Å². The predicted octanol–water partition coefficient (Wildman–Crippen LogP) is 13.5. The Hall–Kier alpha value is -7.16. The number of nitriles is 1. The van der Waals surface area contributed by atoms with Crippen molar-refractivity contribution in [1.29, 1.82) is 5.26 Å². The normalized spacial score (nSPS) is 13.8. The van der Waals surface area contributed by atoms with Gasteiger partial charge in [-0.25, -0.2) is 0 Å². The summed E-state index contributed by atoms with van der Waals surface area (Å²) in [7, 11) is 0. The third-order valence-electron chi connectivity index (χ3n) is 11.4. The highest BCUT2D eigenvalue weighted by Crippen LogP contribution is 2.36. The number of pyridine rings is 3. The highest BCUT2D eigenvalue weighted by Gasteiger charge is 2.25. The fraction of sp³-hybridized carbons (Fsp3) is 0.179. The second-order valence-corrected chi connectivity index (χ2v) is 16.9. The number of benzene rings is 5. The van der Waals surface area contributed by atoms with Gasteiger partial charge >= 0.3 is 0 Å². The molecule has 5 heteroatoms. The zero-order chi connectivity index (χ0) is 47.3. The molecule has 0 aliphatic heterocycles. The summed E-state index contributed by atoms with van der Waals surface area (Å²) in [6, 6.07) is 45.9. The van der Waals surface area contributed by atoms with Gasteiger partial charge in [0.05, 0.1) is 31.5 Å². The number of nitrogens with zero attached hydrogens (tertiary/aromatic N) is 4. The van der Waals surface area contributed by atoms with Crippen LogP contribution in [0.5, 0.6) is 0 Å². The molecule has 0 saturated carbocycles. The van der Waals surface area contributed by atoms with Crippen LogP contribution in [0.1, 0.15) is 74.9 Å². The van der Waals surface area contributed by atoms with E-state index in [0.29, 0.717) is 40.5 Å². The summed E-state index contributed by atoms with van der Waals surface area (Å²) >= 11 is 0. The fourth-order valence-corrected chi connectivity index (χ4v) is 8.11. The summed E-state index contributed by atoms with van der Waals surface area (Å²) in [5.41, 5.74) is 8.65. The number of para-hydroxylation sites is 1. The van der Waals surface area contributed by atoms with Crippen molar-refractivity contribution in [2.75, 3.05) is 0 Å². The summed E-state index contributed by atoms with van der Waals surface area (Å²) in [5.74, 6) is 0. The van der Waals surface area contributed by atoms with E-state index in [1.165, 1.54) is 12.3 Å². The van der Waals surface area contributed by atoms with Crippen molar-refractivity contribution >= 4 is 21.9 Å². The Kier molecular flexibility index (Phi) is 8.82. The Balaban J connectivity index is 1.06. The molecular formula is C56H48N4O. The summed E-state index contributed by atoms with van der Waals surface area (Å²) in [4.78, 5) is 14.3. The number of aromatic nitrogens is 3. The summed E-state index contributed by atoms with van der Waals surface area (Å²) < 4.78 is 61.2. The van der Waals surface area contributed by atoms with E-state index in [1.54, 1.807) is 18.2 Å². The second-order valence-electron chi connectivity index (χ2n) is 16.9. The molecule has 0 fully saturated rings. The van der Waals surface area contributed by atoms with Crippen LogP contribution in [-0.4, -0.2) is 15.0 Å². The first kappa shape index (κ1) is 32.7. The van der Waals surface area contributed by atoms with Crippen molar-refractivity contribution in [2.24, 2.45) is 0 Å². The van der Waals surface area contributed by atoms with Gasteiger partial charge < -0.3 is 4.42 Å². The average molecular weight is 799 g/mol. The molecule has 0 saturated heterocycles. The van der Waals surface area contributed by atoms with Gasteiger partial charge in [-0.05, 0) is 112 Å². The molecule has 0 bridgehead atoms. The quantitative estimate of drug-likeness (QED) is 0.123. The maximum absolute atomic E-state index is 9.63. The molecule has 61 heavy (non-hydrogen) atoms. The maximum Gasteiger partial charge on any atom is 0.144 e. The van der Waals surface area contributed by atoms with Crippen LogP contribution in [0.25, 0.3) is 55.7 Å². The first-order valence-electron chi connectivity index (χ1n) is 23.5. The first-order valence-corrected chi connectivity index (χ1v) is 20.5. The minimum Gasteiger partial charge on any atom is -0.455 e. The van der Waals surface area contributed by atoms with Crippen molar-refractivity contribution in [3.8, 4) is 39.8 Å². The molecular weight excluding hydrogens is 745 g/mol. The number of rotatable bonds is 12. The van der Waals surface area contributed by atoms with Crippen molar-refractivity contribution in [3.05, 3.63) is 209 Å². The smallest absolute Gasteiger partial charge is 0.144 e. The summed E-state index contributed by atoms with van der Waals surface area (Å²) in [5, 5.41) is 10.8. The van der Waals surface area contributed by atoms with E-state index in [-0.39, 0.29) is 34.4 Å². The van der Waals surface area contributed by atoms with Crippen molar-refractivity contribution in [3.63, 3.8) is 0 Å². The van der Waals surface area contributed by atoms with E-state index in [4.69, 9.17) is 17.1 Å². The summed E-state index contributed by atoms with van der Waals surface area (Å²) in [6.45, 7) is 8.60. The van der Waals surface area contributed by atoms with E-state index < -0.39 is 23.6 Å². The first-order chi connectivity index (χ1) is 32.0. The van der Waals surface area contributed by atoms with Crippen molar-refractivity contribution < 1.29 is 12.6 Å². The average Bonchev–Trinajstić information content (AvgIpc) is 3.71. The van der Waals surface area contributed by atoms with Crippen LogP contribution in [-0.2, 0) is 36.4 Å². The molecule has 0 atom stereocenters. The van der Waals surface area contributed by atoms with Gasteiger partial charge in [0.2, 0.25) is 0 Å². The van der Waals surface area contributed by atoms with Crippen LogP contribution in [0.2, 0.25) is 0 Å². The van der Waals surface area contributed by atoms with Crippen molar-refractivity contribution in [2.45, 2.75) is 64.1 Å². The third-order valence-corrected chi connectivity index (χ3v) is 11.4. The molecule has 0 unspecified atom stereocenters. The number of fused-ring (bicyclic) bond motifs is 3. The van der Waals surface area contributed by atoms with E-state index in [2.05, 4.69) is 50.9 Å². The number of furan rings is 1. The van der Waals surface area contributed by atoms with Gasteiger partial charge in [-0.3, -0.25) is 15.0 Å². The molecule has 9 rings (SSSR count). The zero-order valence-corrected chi connectivity index (χ0v) is 34.6. The molecule has 0 aliphatic carbocycles. The molecule has 0 N–H and O–H groups in total. The van der Waals surface area contributed by atoms with Gasteiger partial charge in [-0.15, -0.1) is 0 Å². The van der Waals surface area contributed by atoms with Crippen LogP contribution >= 0.6 is 0 Å². The molecule has 0 radical (unpaired) electrons. The second kappa shape index (κ2) is 16.5. The highest BCUT2D eigenvalue weighted by molar-refractivity contribution is 6.09. The largest absolute Gasteiger partial charge is 0.455 e. The van der Waals surface area contributed by atoms with Gasteiger partial charge in [-0.2, -0.15) is 5.26 Å². The lowest BCUT2D eigenvalue weighted by Gasteiger charge is -2.28. The third kappa shape index (κ3) is 8.49. The molecule has 9 aromatic rings. The lowest BCUT2D eigenvalue weighted by Crippen LogP contribution is -2.23. The topological polar surface area (TPSA) is 75.6 Å². The SMILES string of the molecule is [2H]c1cc2c(oc3c(-c4ccc(C([2H])([2H])C([2H])([2H])c5cc(CC(C)(C)c6ccc(-c7ccccc7)nc6)cc(CC(C)(C)c6ccc(-c7ccccc7)nc6)c5)cn4)cccc32)c([2H])c1C#N. The Bertz CT molecular complexity index is 3190. The van der Waals surface area contributed by atoms with Crippen LogP contribution < -0.4 is 0 Å². The number of aryl methyl sites for hydroxylation is 2. The monoisotopic (exact) mass is 798 g/mol. The van der Waals surface area contributed by atoms with Crippen LogP contribution in [0.15, 0.2) is 175 Å². The number of hydrogen-bond donors (Lipinski definition) is 0. The molecule has 298 valence electrons. The van der Waals surface area contributed by atoms with Gasteiger partial charge in [0, 0.05) is 51.5 Å². The Morgan fingerprint density at radius 1 is 0.574 bits per heavy atom. The molecule has 5 aromatic carbocycles. The molecule has 0 amide bonds. The van der Waals surface area contributed by atoms with E-state index in [0.717, 1.165) is 44.8 Å². The fourth-order valence-electron chi connectivity index (χ4n) is 8.11. The lowest BCUT2D eigenvalue weighted by molar-refractivity contribution is 0.512. The van der Waals surface area contributed by atoms with Gasteiger partial charge in [-0.1, -0.05) is 137 Å². The summed E-state index contributed by atoms with van der Waals surface area (Å²) in [6.07, 6.45) is 1.24. The standard InChI is InChI=1S/C56H48N4O/c1-55(2,45-22-26-50(59-36-45)43-12-7-5-8-13-43)32-41-28-39(29-42(30-41)33-56(3,4)46-23-27-51(60-37-46)44-14-9-6-10-15-44)19-18-38-21-25-52(58-35-38)49-17-11-16-48-47-24-20-40(34-57)31-53(47)61-54(48)49/h5-17,20-31,35-37H,18-19,32-33H2,1-4H3/i18D2,19D2,20D,31D. The zero-order valence-electron chi connectivity index (χ0n) is 40.6. The van der Waals surface area contributed by atoms with E-state index in [9.17, 15) is 10.7 Å². The highest BCUT2D eigenvalue weighted by atomic mass is 16.3. The molecule has 4 heterocycles. The Morgan fingerprint density at radius 2 is 1.13 bits per heavy atom. The lowest BCUT2D eigenvalue weighted by atomic mass is 9.77. The molecule has 5 nitrogen and oxygen atoms in total. The van der Waals surface area contributed by atoms with Crippen LogP contribution in [0.3, 0.4) is 0 Å². The Morgan fingerprint density at radius 3 is 1.67 bits per heavy atom. The minimum atomic E-state index is -2.53. The molecule has 0 spiro atoms. The van der Waals surface area contributed by atoms with Gasteiger partial charge in [0.15, 0.2) is 0 Å². The molecule has 4 aromatic heterocycles. The Labute approximate surface area is 366 Å². The molecule has 0 aliphatic rings. The van der Waals surface area contributed by atoms with Gasteiger partial charge in [0.1, 0.15) is 11.2 Å². The van der Waals surface area contributed by atoms with Crippen molar-refractivity contribution in [1.82, 2.24) is 15.0 Å². The van der Waals surface area contributed by atoms with E-state index in [1.807, 2.05) is 116 Å². The predicted molar refractivity (Wildman–Crippen MR) is 248 cm³/mol. The van der Waals surface area contributed by atoms with Gasteiger partial charge in [0.25, 0.3) is 0 Å².